The van der Waals surface area contributed by atoms with E-state index in [4.69, 9.17) is 0 Å². The fraction of sp³-hybridized carbons (Fsp3) is 0.630. The molecule has 0 heteroatoms. The molecule has 0 fully saturated rings. The summed E-state index contributed by atoms with van der Waals surface area (Å²) in [6.45, 7) is 15.4. The molecule has 1 aromatic rings. The minimum atomic E-state index is 0. The molecule has 0 unspecified atom stereocenters. The van der Waals surface area contributed by atoms with Crippen LogP contribution in [-0.4, -0.2) is 0 Å². The summed E-state index contributed by atoms with van der Waals surface area (Å²) >= 11 is 0. The first-order valence-electron chi connectivity index (χ1n) is 8.94. The molecule has 0 N–H and O–H groups in total. The second kappa shape index (κ2) is 26.7. The van der Waals surface area contributed by atoms with Gasteiger partial charge in [-0.15, -0.1) is 12.8 Å². The van der Waals surface area contributed by atoms with E-state index in [0.717, 1.165) is 0 Å². The molecule has 0 aliphatic rings. The average Bonchev–Trinajstić information content (AvgIpc) is 2.53. The quantitative estimate of drug-likeness (QED) is 0.262. The minimum absolute atomic E-state index is 0. The summed E-state index contributed by atoms with van der Waals surface area (Å²) in [6, 6.07) is 6.66. The summed E-state index contributed by atoms with van der Waals surface area (Å²) < 4.78 is 0. The van der Waals surface area contributed by atoms with E-state index < -0.39 is 0 Å². The molecule has 0 aromatic heterocycles. The van der Waals surface area contributed by atoms with Crippen LogP contribution in [0.15, 0.2) is 29.8 Å². The maximum atomic E-state index is 4.00. The van der Waals surface area contributed by atoms with Gasteiger partial charge in [-0.2, -0.15) is 0 Å². The molecule has 0 bridgehead atoms. The predicted molar refractivity (Wildman–Crippen MR) is 135 cm³/mol. The number of hydrogen-bond acceptors (Lipinski definition) is 0. The van der Waals surface area contributed by atoms with Crippen LogP contribution in [0.3, 0.4) is 0 Å². The molecule has 0 saturated carbocycles. The van der Waals surface area contributed by atoms with E-state index in [9.17, 15) is 0 Å². The first-order valence-corrected chi connectivity index (χ1v) is 8.94. The van der Waals surface area contributed by atoms with Crippen molar-refractivity contribution in [1.82, 2.24) is 0 Å². The molecular formula is C27H54. The number of hydrogen-bond donors (Lipinski definition) is 0. The molecule has 27 heavy (non-hydrogen) atoms. The maximum Gasteiger partial charge on any atom is -0.0216 e. The number of unbranched alkanes of at least 4 members (excludes halogenated alkanes) is 3. The average molecular weight is 379 g/mol. The summed E-state index contributed by atoms with van der Waals surface area (Å²) in [5.41, 5.74) is 5.78. The van der Waals surface area contributed by atoms with Gasteiger partial charge in [-0.25, -0.2) is 0 Å². The van der Waals surface area contributed by atoms with Crippen molar-refractivity contribution in [3.8, 4) is 12.8 Å². The van der Waals surface area contributed by atoms with E-state index in [-0.39, 0.29) is 29.7 Å². The molecule has 1 rings (SSSR count). The lowest BCUT2D eigenvalue weighted by atomic mass is 9.97. The number of benzene rings is 1. The van der Waals surface area contributed by atoms with E-state index in [1.807, 2.05) is 0 Å². The molecule has 0 nitrogen and oxygen atoms in total. The van der Waals surface area contributed by atoms with Crippen LogP contribution in [0.4, 0.5) is 0 Å². The van der Waals surface area contributed by atoms with Crippen molar-refractivity contribution in [3.05, 3.63) is 46.5 Å². The van der Waals surface area contributed by atoms with Gasteiger partial charge in [0.25, 0.3) is 0 Å². The molecule has 0 aliphatic heterocycles. The molecule has 1 aromatic carbocycles. The van der Waals surface area contributed by atoms with Crippen LogP contribution in [0.2, 0.25) is 0 Å². The highest BCUT2D eigenvalue weighted by Crippen LogP contribution is 2.19. The van der Waals surface area contributed by atoms with Crippen LogP contribution < -0.4 is 0 Å². The Hall–Kier alpha value is -1.48. The normalized spacial score (nSPS) is 8.89. The van der Waals surface area contributed by atoms with Crippen molar-refractivity contribution in [3.63, 3.8) is 0 Å². The summed E-state index contributed by atoms with van der Waals surface area (Å²) in [5.74, 6) is 0.649. The highest BCUT2D eigenvalue weighted by molar-refractivity contribution is 5.32. The van der Waals surface area contributed by atoms with Crippen LogP contribution in [0.1, 0.15) is 119 Å². The van der Waals surface area contributed by atoms with Gasteiger partial charge in [0.2, 0.25) is 0 Å². The summed E-state index contributed by atoms with van der Waals surface area (Å²) in [6.07, 6.45) is 17.0. The molecule has 0 aliphatic carbocycles. The molecule has 162 valence electrons. The van der Waals surface area contributed by atoms with Crippen LogP contribution in [0.25, 0.3) is 0 Å². The standard InChI is InChI=1S/C11H16.C10H20.C2H2.4CH4/c1-8(2)11-6-5-9(3)7-10(11)4;1-4-6-7-8-9-10(3)5-2;1-2;;;;/h5-8H,1-4H3;5H,4,6-9H2,1-3H3;1-2H;4*1H4. The summed E-state index contributed by atoms with van der Waals surface area (Å²) in [5, 5.41) is 0. The second-order valence-electron chi connectivity index (χ2n) is 6.46. The molecule has 0 saturated heterocycles. The number of aryl methyl sites for hydroxylation is 2. The lowest BCUT2D eigenvalue weighted by Gasteiger charge is -2.09. The van der Waals surface area contributed by atoms with Crippen LogP contribution in [0.5, 0.6) is 0 Å². The van der Waals surface area contributed by atoms with Crippen molar-refractivity contribution in [2.75, 3.05) is 0 Å². The smallest absolute Gasteiger partial charge is 0.0216 e. The predicted octanol–water partition coefficient (Wildman–Crippen LogP) is 10.1. The van der Waals surface area contributed by atoms with Gasteiger partial charge in [-0.1, -0.05) is 105 Å². The molecule has 0 spiro atoms. The van der Waals surface area contributed by atoms with Crippen LogP contribution in [0, 0.1) is 26.7 Å². The molecule has 0 radical (unpaired) electrons. The second-order valence-corrected chi connectivity index (χ2v) is 6.46. The van der Waals surface area contributed by atoms with Crippen molar-refractivity contribution in [2.24, 2.45) is 0 Å². The fourth-order valence-corrected chi connectivity index (χ4v) is 2.45. The van der Waals surface area contributed by atoms with Crippen LogP contribution in [-0.2, 0) is 0 Å². The van der Waals surface area contributed by atoms with Crippen molar-refractivity contribution in [2.45, 2.75) is 116 Å². The molecule has 0 heterocycles. The Kier molecular flexibility index (Phi) is 39.9. The maximum absolute atomic E-state index is 4.00. The first kappa shape index (κ1) is 40.3. The third-order valence-corrected chi connectivity index (χ3v) is 3.96. The fourth-order valence-electron chi connectivity index (χ4n) is 2.45. The number of rotatable bonds is 6. The van der Waals surface area contributed by atoms with Gasteiger partial charge in [-0.3, -0.25) is 0 Å². The van der Waals surface area contributed by atoms with Gasteiger partial charge in [0.15, 0.2) is 0 Å². The molecule has 0 amide bonds. The van der Waals surface area contributed by atoms with E-state index >= 15 is 0 Å². The largest absolute Gasteiger partial charge is 0.124 e. The van der Waals surface area contributed by atoms with Gasteiger partial charge in [-0.05, 0) is 57.6 Å². The number of terminal acetylenes is 1. The highest BCUT2D eigenvalue weighted by Gasteiger charge is 2.01. The summed E-state index contributed by atoms with van der Waals surface area (Å²) in [4.78, 5) is 0. The Labute approximate surface area is 175 Å². The Morgan fingerprint density at radius 1 is 0.963 bits per heavy atom. The van der Waals surface area contributed by atoms with Gasteiger partial charge in [0.1, 0.15) is 0 Å². The Bertz CT molecular complexity index is 446. The Balaban J connectivity index is -0.0000000660. The highest BCUT2D eigenvalue weighted by atomic mass is 14.1. The third-order valence-electron chi connectivity index (χ3n) is 3.96. The summed E-state index contributed by atoms with van der Waals surface area (Å²) in [7, 11) is 0. The van der Waals surface area contributed by atoms with Crippen molar-refractivity contribution < 1.29 is 0 Å². The topological polar surface area (TPSA) is 0 Å². The lowest BCUT2D eigenvalue weighted by molar-refractivity contribution is 0.664. The Morgan fingerprint density at radius 2 is 1.48 bits per heavy atom. The van der Waals surface area contributed by atoms with Gasteiger partial charge < -0.3 is 0 Å². The van der Waals surface area contributed by atoms with E-state index in [1.54, 1.807) is 0 Å². The molecule has 0 atom stereocenters. The minimum Gasteiger partial charge on any atom is -0.124 e. The zero-order valence-corrected chi connectivity index (χ0v) is 16.6. The lowest BCUT2D eigenvalue weighted by Crippen LogP contribution is -1.91. The van der Waals surface area contributed by atoms with E-state index in [2.05, 4.69) is 85.6 Å². The van der Waals surface area contributed by atoms with E-state index in [0.29, 0.717) is 5.92 Å². The van der Waals surface area contributed by atoms with Crippen molar-refractivity contribution in [1.29, 1.82) is 0 Å². The number of allylic oxidation sites excluding steroid dienone is 2. The van der Waals surface area contributed by atoms with E-state index in [1.165, 1.54) is 54.4 Å². The zero-order valence-electron chi connectivity index (χ0n) is 16.6. The van der Waals surface area contributed by atoms with Gasteiger partial charge >= 0.3 is 0 Å². The Morgan fingerprint density at radius 3 is 1.85 bits per heavy atom. The van der Waals surface area contributed by atoms with Gasteiger partial charge in [0, 0.05) is 0 Å². The van der Waals surface area contributed by atoms with Gasteiger partial charge in [0.05, 0.1) is 0 Å². The monoisotopic (exact) mass is 378 g/mol. The molecular weight excluding hydrogens is 324 g/mol. The third kappa shape index (κ3) is 22.5. The van der Waals surface area contributed by atoms with Crippen LogP contribution >= 0.6 is 0 Å². The van der Waals surface area contributed by atoms with Crippen molar-refractivity contribution >= 4 is 0 Å². The zero-order chi connectivity index (χ0) is 18.3. The SMILES string of the molecule is C.C.C.C.C#C.CC=C(C)CCCCCC.Cc1ccc(C(C)C)c(C)c1. The first-order chi connectivity index (χ1) is 10.9.